The van der Waals surface area contributed by atoms with E-state index in [1.165, 1.54) is 57.3 Å². The molecule has 0 aliphatic carbocycles. The van der Waals surface area contributed by atoms with Crippen LogP contribution in [0.15, 0.2) is 42.5 Å². The first-order valence-corrected chi connectivity index (χ1v) is 14.0. The van der Waals surface area contributed by atoms with Crippen LogP contribution >= 0.6 is 11.3 Å². The number of fused-ring (bicyclic) bond motifs is 1. The maximum absolute atomic E-state index is 13.2. The predicted octanol–water partition coefficient (Wildman–Crippen LogP) is 4.69. The van der Waals surface area contributed by atoms with Crippen molar-refractivity contribution in [1.29, 1.82) is 0 Å². The van der Waals surface area contributed by atoms with Gasteiger partial charge in [0.05, 0.1) is 39.1 Å². The monoisotopic (exact) mass is 582 g/mol. The molecule has 0 radical (unpaired) electrons. The van der Waals surface area contributed by atoms with Gasteiger partial charge in [-0.25, -0.2) is 9.59 Å². The molecule has 0 bridgehead atoms. The molecule has 0 spiro atoms. The zero-order chi connectivity index (χ0) is 29.5. The van der Waals surface area contributed by atoms with E-state index in [2.05, 4.69) is 22.3 Å². The fraction of sp³-hybridized carbons (Fsp3) is 0.367. The van der Waals surface area contributed by atoms with E-state index >= 15 is 0 Å². The minimum atomic E-state index is -1.16. The fourth-order valence-corrected chi connectivity index (χ4v) is 5.92. The molecule has 41 heavy (non-hydrogen) atoms. The van der Waals surface area contributed by atoms with Crippen molar-refractivity contribution in [1.82, 2.24) is 4.90 Å². The van der Waals surface area contributed by atoms with Gasteiger partial charge in [-0.1, -0.05) is 30.3 Å². The molecule has 2 heterocycles. The Morgan fingerprint density at radius 1 is 1.00 bits per heavy atom. The van der Waals surface area contributed by atoms with Crippen molar-refractivity contribution < 1.29 is 38.1 Å². The number of hydrogen-bond acceptors (Lipinski definition) is 10. The maximum atomic E-state index is 13.2. The second-order valence-electron chi connectivity index (χ2n) is 9.33. The van der Waals surface area contributed by atoms with Crippen molar-refractivity contribution in [2.75, 3.05) is 39.8 Å². The lowest BCUT2D eigenvalue weighted by molar-refractivity contribution is -0.123. The van der Waals surface area contributed by atoms with Crippen LogP contribution in [0.1, 0.15) is 50.6 Å². The molecule has 10 nitrogen and oxygen atoms in total. The molecule has 1 atom stereocenters. The molecule has 0 unspecified atom stereocenters. The molecule has 0 saturated carbocycles. The number of methoxy groups -OCH3 is 3. The van der Waals surface area contributed by atoms with Gasteiger partial charge < -0.3 is 29.0 Å². The van der Waals surface area contributed by atoms with Crippen LogP contribution in [0.25, 0.3) is 0 Å². The van der Waals surface area contributed by atoms with Gasteiger partial charge in [0.15, 0.2) is 17.6 Å². The first kappa shape index (κ1) is 29.9. The number of amides is 1. The van der Waals surface area contributed by atoms with Crippen LogP contribution < -0.4 is 19.5 Å². The summed E-state index contributed by atoms with van der Waals surface area (Å²) in [7, 11) is 4.33. The number of hydrogen-bond donors (Lipinski definition) is 1. The zero-order valence-corrected chi connectivity index (χ0v) is 24.6. The van der Waals surface area contributed by atoms with Gasteiger partial charge in [-0.3, -0.25) is 9.69 Å². The zero-order valence-electron chi connectivity index (χ0n) is 23.8. The summed E-state index contributed by atoms with van der Waals surface area (Å²) in [6.45, 7) is 5.60. The SMILES string of the molecule is CCOC(=O)c1c(NC(=O)[C@@H](C)OC(=O)c2cc(OC)c(OC)c(OC)c2)sc2c1CCN(Cc1ccccc1)C2. The van der Waals surface area contributed by atoms with E-state index in [1.807, 2.05) is 18.2 Å². The lowest BCUT2D eigenvalue weighted by Gasteiger charge is -2.27. The molecule has 1 amide bonds. The summed E-state index contributed by atoms with van der Waals surface area (Å²) in [5.74, 6) is -0.928. The van der Waals surface area contributed by atoms with Crippen LogP contribution in [0.2, 0.25) is 0 Å². The Labute approximate surface area is 243 Å². The van der Waals surface area contributed by atoms with Crippen molar-refractivity contribution in [2.24, 2.45) is 0 Å². The first-order chi connectivity index (χ1) is 19.8. The molecule has 1 aliphatic rings. The summed E-state index contributed by atoms with van der Waals surface area (Å²) >= 11 is 1.34. The minimum absolute atomic E-state index is 0.122. The highest BCUT2D eigenvalue weighted by Crippen LogP contribution is 2.39. The Balaban J connectivity index is 1.51. The molecule has 11 heteroatoms. The van der Waals surface area contributed by atoms with Crippen molar-refractivity contribution >= 4 is 34.2 Å². The molecule has 4 rings (SSSR count). The van der Waals surface area contributed by atoms with Gasteiger partial charge in [-0.15, -0.1) is 11.3 Å². The number of rotatable bonds is 11. The van der Waals surface area contributed by atoms with E-state index in [0.717, 1.165) is 23.5 Å². The first-order valence-electron chi connectivity index (χ1n) is 13.2. The summed E-state index contributed by atoms with van der Waals surface area (Å²) in [6.07, 6.45) is -0.515. The molecule has 0 saturated heterocycles. The smallest absolute Gasteiger partial charge is 0.341 e. The summed E-state index contributed by atoms with van der Waals surface area (Å²) < 4.78 is 26.7. The van der Waals surface area contributed by atoms with Crippen LogP contribution in [-0.2, 0) is 33.8 Å². The molecular weight excluding hydrogens is 548 g/mol. The van der Waals surface area contributed by atoms with E-state index in [-0.39, 0.29) is 23.7 Å². The third-order valence-electron chi connectivity index (χ3n) is 6.65. The van der Waals surface area contributed by atoms with Crippen LogP contribution in [0.3, 0.4) is 0 Å². The lowest BCUT2D eigenvalue weighted by Crippen LogP contribution is -2.31. The molecular formula is C30H34N2O8S. The van der Waals surface area contributed by atoms with Gasteiger partial charge in [0.25, 0.3) is 5.91 Å². The summed E-state index contributed by atoms with van der Waals surface area (Å²) in [6, 6.07) is 13.1. The Morgan fingerprint density at radius 3 is 2.29 bits per heavy atom. The van der Waals surface area contributed by atoms with Crippen molar-refractivity contribution in [3.63, 3.8) is 0 Å². The average molecular weight is 583 g/mol. The van der Waals surface area contributed by atoms with Crippen LogP contribution in [0.5, 0.6) is 17.2 Å². The van der Waals surface area contributed by atoms with E-state index < -0.39 is 23.9 Å². The molecule has 1 aliphatic heterocycles. The van der Waals surface area contributed by atoms with Crippen LogP contribution in [-0.4, -0.2) is 63.3 Å². The Hall–Kier alpha value is -4.09. The van der Waals surface area contributed by atoms with Crippen LogP contribution in [0, 0.1) is 0 Å². The fourth-order valence-electron chi connectivity index (χ4n) is 4.63. The van der Waals surface area contributed by atoms with Gasteiger partial charge in [-0.2, -0.15) is 0 Å². The van der Waals surface area contributed by atoms with Gasteiger partial charge in [0.2, 0.25) is 5.75 Å². The number of anilines is 1. The number of carbonyl (C=O) groups excluding carboxylic acids is 3. The van der Waals surface area contributed by atoms with Crippen molar-refractivity contribution in [2.45, 2.75) is 39.5 Å². The summed E-state index contributed by atoms with van der Waals surface area (Å²) in [5, 5.41) is 3.19. The van der Waals surface area contributed by atoms with Crippen molar-refractivity contribution in [3.8, 4) is 17.2 Å². The molecule has 218 valence electrons. The molecule has 1 N–H and O–H groups in total. The average Bonchev–Trinajstić information content (AvgIpc) is 3.33. The number of thiophene rings is 1. The second kappa shape index (κ2) is 13.5. The lowest BCUT2D eigenvalue weighted by atomic mass is 10.0. The number of nitrogens with one attached hydrogen (secondary N) is 1. The number of esters is 2. The topological polar surface area (TPSA) is 113 Å². The van der Waals surface area contributed by atoms with E-state index in [4.69, 9.17) is 23.7 Å². The highest BCUT2D eigenvalue weighted by atomic mass is 32.1. The maximum Gasteiger partial charge on any atom is 0.341 e. The highest BCUT2D eigenvalue weighted by molar-refractivity contribution is 7.17. The third-order valence-corrected chi connectivity index (χ3v) is 7.79. The standard InChI is InChI=1S/C30H34N2O8S/c1-6-39-30(35)25-21-12-13-32(16-19-10-8-7-9-11-19)17-24(21)41-28(25)31-27(33)18(2)40-29(34)20-14-22(36-3)26(38-5)23(15-20)37-4/h7-11,14-15,18H,6,12-13,16-17H2,1-5H3,(H,31,33)/t18-/m1/s1. The Bertz CT molecular complexity index is 1380. The minimum Gasteiger partial charge on any atom is -0.493 e. The Kier molecular flexibility index (Phi) is 9.85. The number of benzene rings is 2. The van der Waals surface area contributed by atoms with Gasteiger partial charge >= 0.3 is 11.9 Å². The van der Waals surface area contributed by atoms with Gasteiger partial charge in [-0.05, 0) is 43.5 Å². The largest absolute Gasteiger partial charge is 0.493 e. The van der Waals surface area contributed by atoms with Gasteiger partial charge in [0.1, 0.15) is 5.00 Å². The quantitative estimate of drug-likeness (QED) is 0.322. The molecule has 2 aromatic carbocycles. The molecule has 3 aromatic rings. The summed E-state index contributed by atoms with van der Waals surface area (Å²) in [5.41, 5.74) is 2.57. The number of carbonyl (C=O) groups is 3. The van der Waals surface area contributed by atoms with E-state index in [9.17, 15) is 14.4 Å². The van der Waals surface area contributed by atoms with E-state index in [1.54, 1.807) is 6.92 Å². The van der Waals surface area contributed by atoms with E-state index in [0.29, 0.717) is 29.3 Å². The molecule has 0 fully saturated rings. The van der Waals surface area contributed by atoms with Crippen molar-refractivity contribution in [3.05, 3.63) is 69.6 Å². The highest BCUT2D eigenvalue weighted by Gasteiger charge is 2.31. The Morgan fingerprint density at radius 2 is 1.68 bits per heavy atom. The third kappa shape index (κ3) is 6.80. The van der Waals surface area contributed by atoms with Crippen LogP contribution in [0.4, 0.5) is 5.00 Å². The second-order valence-corrected chi connectivity index (χ2v) is 10.4. The van der Waals surface area contributed by atoms with Gasteiger partial charge in [0, 0.05) is 24.5 Å². The number of ether oxygens (including phenoxy) is 5. The molecule has 1 aromatic heterocycles. The number of nitrogens with zero attached hydrogens (tertiary/aromatic N) is 1. The summed E-state index contributed by atoms with van der Waals surface area (Å²) in [4.78, 5) is 42.3. The normalized spacial score (nSPS) is 13.5. The predicted molar refractivity (Wildman–Crippen MR) is 154 cm³/mol.